The number of halogens is 1. The van der Waals surface area contributed by atoms with E-state index in [0.717, 1.165) is 65.4 Å². The molecule has 10 heteroatoms. The number of carbonyl (C=O) groups excluding carboxylic acids is 1. The summed E-state index contributed by atoms with van der Waals surface area (Å²) < 4.78 is 14.0. The summed E-state index contributed by atoms with van der Waals surface area (Å²) in [6.45, 7) is 3.99. The lowest BCUT2D eigenvalue weighted by atomic mass is 9.93. The van der Waals surface area contributed by atoms with Gasteiger partial charge in [0, 0.05) is 61.0 Å². The Hall–Kier alpha value is -4.54. The molecule has 3 aromatic carbocycles. The molecule has 9 nitrogen and oxygen atoms in total. The molecular formula is C30H31FN8O. The third-order valence-corrected chi connectivity index (χ3v) is 7.48. The molecule has 40 heavy (non-hydrogen) atoms. The fourth-order valence-corrected chi connectivity index (χ4v) is 5.21. The first-order chi connectivity index (χ1) is 19.4. The van der Waals surface area contributed by atoms with E-state index in [9.17, 15) is 9.18 Å². The number of hydrogen-bond donors (Lipinski definition) is 4. The Balaban J connectivity index is 1.24. The van der Waals surface area contributed by atoms with Crippen molar-refractivity contribution in [3.8, 4) is 11.1 Å². The molecule has 1 atom stereocenters. The largest absolute Gasteiger partial charge is 0.369 e. The Morgan fingerprint density at radius 3 is 2.52 bits per heavy atom. The van der Waals surface area contributed by atoms with Crippen LogP contribution in [0, 0.1) is 5.82 Å². The highest BCUT2D eigenvalue weighted by Gasteiger charge is 2.26. The number of carbonyl (C=O) groups is 1. The summed E-state index contributed by atoms with van der Waals surface area (Å²) in [5.41, 5.74) is 18.9. The lowest BCUT2D eigenvalue weighted by molar-refractivity contribution is 0.0933. The number of nitrogens with zero attached hydrogens (tertiary/aromatic N) is 4. The summed E-state index contributed by atoms with van der Waals surface area (Å²) in [7, 11) is 2.13. The van der Waals surface area contributed by atoms with Crippen LogP contribution in [-0.4, -0.2) is 54.0 Å². The van der Waals surface area contributed by atoms with Gasteiger partial charge in [-0.2, -0.15) is 0 Å². The molecule has 1 fully saturated rings. The van der Waals surface area contributed by atoms with Gasteiger partial charge < -0.3 is 26.3 Å². The molecule has 2 aliphatic rings. The van der Waals surface area contributed by atoms with Crippen LogP contribution in [0.5, 0.6) is 0 Å². The van der Waals surface area contributed by atoms with Crippen LogP contribution in [0.1, 0.15) is 33.2 Å². The number of nitrogens with two attached hydrogens (primary N) is 1. The predicted octanol–water partition coefficient (Wildman–Crippen LogP) is 3.57. The summed E-state index contributed by atoms with van der Waals surface area (Å²) in [5, 5.41) is 3.09. The van der Waals surface area contributed by atoms with Crippen molar-refractivity contribution >= 4 is 23.2 Å². The van der Waals surface area contributed by atoms with E-state index in [-0.39, 0.29) is 17.7 Å². The van der Waals surface area contributed by atoms with Crippen molar-refractivity contribution in [3.63, 3.8) is 0 Å². The van der Waals surface area contributed by atoms with Crippen molar-refractivity contribution < 1.29 is 9.18 Å². The number of benzene rings is 3. The van der Waals surface area contributed by atoms with Crippen LogP contribution in [0.4, 0.5) is 21.7 Å². The smallest absolute Gasteiger partial charge is 0.252 e. The quantitative estimate of drug-likeness (QED) is 0.295. The van der Waals surface area contributed by atoms with Gasteiger partial charge in [-0.15, -0.1) is 0 Å². The van der Waals surface area contributed by atoms with Crippen molar-refractivity contribution in [3.05, 3.63) is 101 Å². The minimum Gasteiger partial charge on any atom is -0.369 e. The standard InChI is InChI=1S/C30H31FN8O/c1-38-9-11-39(12-10-38)24-7-5-20(6-8-24)29(40)35-28-26-15-21(13-19-3-2-4-23(31)14-19)25(16-27(26)36-37-28)22-17-33-30(32)34-18-22/h2-8,14-18,28,36-37H,9-13H2,1H3,(H,35,40)(H2,32,33,34). The predicted molar refractivity (Wildman–Crippen MR) is 154 cm³/mol. The average molecular weight is 539 g/mol. The van der Waals surface area contributed by atoms with Crippen LogP contribution >= 0.6 is 0 Å². The molecule has 2 aliphatic heterocycles. The maximum Gasteiger partial charge on any atom is 0.252 e. The Morgan fingerprint density at radius 1 is 1.05 bits per heavy atom. The molecule has 1 unspecified atom stereocenters. The lowest BCUT2D eigenvalue weighted by Crippen LogP contribution is -2.44. The van der Waals surface area contributed by atoms with Crippen LogP contribution in [0.3, 0.4) is 0 Å². The van der Waals surface area contributed by atoms with Crippen molar-refractivity contribution in [2.75, 3.05) is 49.3 Å². The molecular weight excluding hydrogens is 507 g/mol. The molecule has 4 aromatic rings. The second kappa shape index (κ2) is 10.9. The number of anilines is 3. The molecule has 6 rings (SSSR count). The number of fused-ring (bicyclic) bond motifs is 1. The number of likely N-dealkylation sites (N-methyl/N-ethyl adjacent to an activating group) is 1. The number of rotatable bonds is 6. The average Bonchev–Trinajstić information content (AvgIpc) is 3.35. The van der Waals surface area contributed by atoms with Gasteiger partial charge in [0.2, 0.25) is 5.95 Å². The van der Waals surface area contributed by atoms with Crippen LogP contribution in [0.2, 0.25) is 0 Å². The summed E-state index contributed by atoms with van der Waals surface area (Å²) in [6.07, 6.45) is 3.38. The molecule has 3 heterocycles. The summed E-state index contributed by atoms with van der Waals surface area (Å²) in [4.78, 5) is 26.2. The molecule has 1 aromatic heterocycles. The molecule has 0 saturated carbocycles. The molecule has 0 radical (unpaired) electrons. The van der Waals surface area contributed by atoms with E-state index in [0.29, 0.717) is 12.0 Å². The minimum atomic E-state index is -0.456. The first-order valence-electron chi connectivity index (χ1n) is 13.3. The number of nitrogens with one attached hydrogen (secondary N) is 3. The van der Waals surface area contributed by atoms with Gasteiger partial charge in [-0.1, -0.05) is 12.1 Å². The SMILES string of the molecule is CN1CCN(c2ccc(C(=O)NC3NNc4cc(-c5cnc(N)nc5)c(Cc5cccc(F)c5)cc43)cc2)CC1. The molecule has 1 saturated heterocycles. The summed E-state index contributed by atoms with van der Waals surface area (Å²) >= 11 is 0. The molecule has 0 bridgehead atoms. The van der Waals surface area contributed by atoms with Crippen molar-refractivity contribution in [1.29, 1.82) is 0 Å². The molecule has 0 spiro atoms. The number of aromatic nitrogens is 2. The van der Waals surface area contributed by atoms with E-state index in [1.165, 1.54) is 12.1 Å². The third-order valence-electron chi connectivity index (χ3n) is 7.48. The Labute approximate surface area is 232 Å². The molecule has 1 amide bonds. The van der Waals surface area contributed by atoms with E-state index >= 15 is 0 Å². The van der Waals surface area contributed by atoms with E-state index in [2.05, 4.69) is 43.0 Å². The van der Waals surface area contributed by atoms with Gasteiger partial charge in [0.15, 0.2) is 0 Å². The first-order valence-corrected chi connectivity index (χ1v) is 13.3. The molecule has 0 aliphatic carbocycles. The van der Waals surface area contributed by atoms with Crippen molar-refractivity contribution in [1.82, 2.24) is 25.6 Å². The normalized spacial score (nSPS) is 16.9. The summed E-state index contributed by atoms with van der Waals surface area (Å²) in [6, 6.07) is 18.3. The Morgan fingerprint density at radius 2 is 1.80 bits per heavy atom. The van der Waals surface area contributed by atoms with E-state index in [1.807, 2.05) is 42.5 Å². The second-order valence-corrected chi connectivity index (χ2v) is 10.2. The van der Waals surface area contributed by atoms with Gasteiger partial charge in [0.05, 0.1) is 5.69 Å². The van der Waals surface area contributed by atoms with E-state index in [4.69, 9.17) is 5.73 Å². The number of amides is 1. The maximum atomic E-state index is 14.0. The molecule has 204 valence electrons. The highest BCUT2D eigenvalue weighted by atomic mass is 19.1. The number of hydrazine groups is 1. The Kier molecular flexibility index (Phi) is 7.02. The van der Waals surface area contributed by atoms with Gasteiger partial charge in [-0.3, -0.25) is 4.79 Å². The number of nitrogen functional groups attached to an aromatic ring is 1. The molecule has 5 N–H and O–H groups in total. The van der Waals surface area contributed by atoms with Gasteiger partial charge in [0.1, 0.15) is 12.0 Å². The zero-order chi connectivity index (χ0) is 27.6. The third kappa shape index (κ3) is 5.45. The fourth-order valence-electron chi connectivity index (χ4n) is 5.21. The number of hydrogen-bond acceptors (Lipinski definition) is 8. The zero-order valence-corrected chi connectivity index (χ0v) is 22.2. The topological polar surface area (TPSA) is 111 Å². The first kappa shape index (κ1) is 25.7. The van der Waals surface area contributed by atoms with Gasteiger partial charge in [0.25, 0.3) is 5.91 Å². The highest BCUT2D eigenvalue weighted by molar-refractivity contribution is 5.95. The lowest BCUT2D eigenvalue weighted by Gasteiger charge is -2.34. The monoisotopic (exact) mass is 538 g/mol. The van der Waals surface area contributed by atoms with Gasteiger partial charge >= 0.3 is 0 Å². The van der Waals surface area contributed by atoms with Crippen LogP contribution in [0.25, 0.3) is 11.1 Å². The summed E-state index contributed by atoms with van der Waals surface area (Å²) in [5.74, 6) is -0.279. The van der Waals surface area contributed by atoms with Gasteiger partial charge in [-0.25, -0.2) is 19.8 Å². The maximum absolute atomic E-state index is 14.0. The fraction of sp³-hybridized carbons (Fsp3) is 0.233. The van der Waals surface area contributed by atoms with Crippen molar-refractivity contribution in [2.24, 2.45) is 0 Å². The van der Waals surface area contributed by atoms with E-state index in [1.54, 1.807) is 18.5 Å². The van der Waals surface area contributed by atoms with Crippen molar-refractivity contribution in [2.45, 2.75) is 12.6 Å². The van der Waals surface area contributed by atoms with Crippen LogP contribution in [-0.2, 0) is 6.42 Å². The van der Waals surface area contributed by atoms with E-state index < -0.39 is 6.17 Å². The Bertz CT molecular complexity index is 1520. The highest BCUT2D eigenvalue weighted by Crippen LogP contribution is 2.36. The zero-order valence-electron chi connectivity index (χ0n) is 22.2. The van der Waals surface area contributed by atoms with Crippen LogP contribution in [0.15, 0.2) is 73.1 Å². The minimum absolute atomic E-state index is 0.181. The van der Waals surface area contributed by atoms with Crippen LogP contribution < -0.4 is 26.8 Å². The van der Waals surface area contributed by atoms with Gasteiger partial charge in [-0.05, 0) is 78.7 Å². The number of piperazine rings is 1. The second-order valence-electron chi connectivity index (χ2n) is 10.2.